The topological polar surface area (TPSA) is 111 Å². The van der Waals surface area contributed by atoms with Crippen molar-refractivity contribution in [1.82, 2.24) is 15.0 Å². The highest BCUT2D eigenvalue weighted by Crippen LogP contribution is 2.17. The molecule has 0 aliphatic rings. The molecule has 0 spiro atoms. The van der Waals surface area contributed by atoms with Crippen LogP contribution < -0.4 is 11.5 Å². The second kappa shape index (κ2) is 3.08. The van der Waals surface area contributed by atoms with Gasteiger partial charge in [0.25, 0.3) is 0 Å². The summed E-state index contributed by atoms with van der Waals surface area (Å²) < 4.78 is 0. The molecule has 0 unspecified atom stereocenters. The van der Waals surface area contributed by atoms with Crippen LogP contribution in [0.2, 0.25) is 0 Å². The summed E-state index contributed by atoms with van der Waals surface area (Å²) >= 11 is 0. The quantitative estimate of drug-likeness (QED) is 0.569. The van der Waals surface area contributed by atoms with Gasteiger partial charge in [-0.2, -0.15) is 9.97 Å². The van der Waals surface area contributed by atoms with E-state index in [0.717, 1.165) is 0 Å². The predicted octanol–water partition coefficient (Wildman–Crippen LogP) is -0.319. The van der Waals surface area contributed by atoms with E-state index >= 15 is 0 Å². The van der Waals surface area contributed by atoms with Gasteiger partial charge in [0.05, 0.1) is 12.0 Å². The molecule has 0 radical (unpaired) electrons. The van der Waals surface area contributed by atoms with Gasteiger partial charge in [-0.05, 0) is 11.6 Å². The molecule has 0 amide bonds. The van der Waals surface area contributed by atoms with Gasteiger partial charge in [-0.25, -0.2) is 4.98 Å². The third-order valence-corrected chi connectivity index (χ3v) is 1.84. The van der Waals surface area contributed by atoms with E-state index in [0.29, 0.717) is 16.6 Å². The molecule has 0 aromatic carbocycles. The van der Waals surface area contributed by atoms with Crippen LogP contribution >= 0.6 is 0 Å². The van der Waals surface area contributed by atoms with Gasteiger partial charge in [-0.15, -0.1) is 0 Å². The lowest BCUT2D eigenvalue weighted by Crippen LogP contribution is -2.02. The van der Waals surface area contributed by atoms with E-state index in [1.165, 1.54) is 6.20 Å². The van der Waals surface area contributed by atoms with Gasteiger partial charge >= 0.3 is 0 Å². The van der Waals surface area contributed by atoms with Gasteiger partial charge in [0, 0.05) is 6.20 Å². The number of rotatable bonds is 1. The summed E-state index contributed by atoms with van der Waals surface area (Å²) in [6, 6.07) is 1.69. The Labute approximate surface area is 79.6 Å². The number of hydrogen-bond acceptors (Lipinski definition) is 6. The number of nitrogen functional groups attached to an aromatic ring is 2. The molecule has 5 N–H and O–H groups in total. The summed E-state index contributed by atoms with van der Waals surface area (Å²) in [7, 11) is 0. The normalized spacial score (nSPS) is 10.6. The molecule has 6 nitrogen and oxygen atoms in total. The fourth-order valence-electron chi connectivity index (χ4n) is 1.18. The van der Waals surface area contributed by atoms with Crippen LogP contribution in [-0.4, -0.2) is 20.1 Å². The van der Waals surface area contributed by atoms with Crippen molar-refractivity contribution in [3.8, 4) is 0 Å². The van der Waals surface area contributed by atoms with Gasteiger partial charge in [0.2, 0.25) is 5.95 Å². The molecule has 0 saturated heterocycles. The van der Waals surface area contributed by atoms with Crippen molar-refractivity contribution >= 4 is 22.8 Å². The van der Waals surface area contributed by atoms with Crippen LogP contribution in [0.3, 0.4) is 0 Å². The molecule has 2 aromatic heterocycles. The van der Waals surface area contributed by atoms with Crippen molar-refractivity contribution < 1.29 is 5.11 Å². The molecule has 14 heavy (non-hydrogen) atoms. The molecule has 6 heteroatoms. The third kappa shape index (κ3) is 1.31. The molecule has 72 valence electrons. The molecule has 0 aliphatic heterocycles. The number of aliphatic hydroxyl groups excluding tert-OH is 1. The lowest BCUT2D eigenvalue weighted by atomic mass is 10.2. The molecule has 2 aromatic rings. The highest BCUT2D eigenvalue weighted by atomic mass is 16.3. The third-order valence-electron chi connectivity index (χ3n) is 1.84. The zero-order chi connectivity index (χ0) is 10.1. The highest BCUT2D eigenvalue weighted by molar-refractivity contribution is 5.86. The predicted molar refractivity (Wildman–Crippen MR) is 52.1 cm³/mol. The van der Waals surface area contributed by atoms with E-state index < -0.39 is 0 Å². The van der Waals surface area contributed by atoms with Gasteiger partial charge in [-0.3, -0.25) is 0 Å². The standard InChI is InChI=1S/C8H9N5O/c9-6-5-1-4(3-14)2-11-7(5)13-8(10)12-6/h1-2,14H,3H2,(H4,9,10,11,12,13). The zero-order valence-corrected chi connectivity index (χ0v) is 7.31. The number of aromatic nitrogens is 3. The monoisotopic (exact) mass is 191 g/mol. The maximum Gasteiger partial charge on any atom is 0.224 e. The van der Waals surface area contributed by atoms with Crippen LogP contribution in [0.4, 0.5) is 11.8 Å². The molecule has 0 saturated carbocycles. The van der Waals surface area contributed by atoms with E-state index in [1.54, 1.807) is 6.07 Å². The van der Waals surface area contributed by atoms with Crippen molar-refractivity contribution in [2.24, 2.45) is 0 Å². The molecule has 0 fully saturated rings. The smallest absolute Gasteiger partial charge is 0.224 e. The maximum absolute atomic E-state index is 8.90. The molecule has 0 aliphatic carbocycles. The van der Waals surface area contributed by atoms with Crippen molar-refractivity contribution in [3.05, 3.63) is 17.8 Å². The lowest BCUT2D eigenvalue weighted by Gasteiger charge is -2.02. The molecule has 2 rings (SSSR count). The summed E-state index contributed by atoms with van der Waals surface area (Å²) in [5, 5.41) is 9.50. The molecular formula is C8H9N5O. The Kier molecular flexibility index (Phi) is 1.90. The summed E-state index contributed by atoms with van der Waals surface area (Å²) in [6.07, 6.45) is 1.52. The number of hydrogen-bond donors (Lipinski definition) is 3. The van der Waals surface area contributed by atoms with E-state index in [2.05, 4.69) is 15.0 Å². The second-order valence-corrected chi connectivity index (χ2v) is 2.84. The average molecular weight is 191 g/mol. The number of pyridine rings is 1. The number of aliphatic hydroxyl groups is 1. The van der Waals surface area contributed by atoms with Gasteiger partial charge in [-0.1, -0.05) is 0 Å². The van der Waals surface area contributed by atoms with E-state index in [9.17, 15) is 0 Å². The van der Waals surface area contributed by atoms with E-state index in [-0.39, 0.29) is 18.4 Å². The minimum atomic E-state index is -0.0905. The highest BCUT2D eigenvalue weighted by Gasteiger charge is 2.04. The van der Waals surface area contributed by atoms with Crippen LogP contribution in [0, 0.1) is 0 Å². The SMILES string of the molecule is Nc1nc(N)c2cc(CO)cnc2n1. The average Bonchev–Trinajstić information content (AvgIpc) is 2.17. The van der Waals surface area contributed by atoms with Gasteiger partial charge in [0.15, 0.2) is 5.65 Å². The minimum absolute atomic E-state index is 0.0905. The van der Waals surface area contributed by atoms with Crippen LogP contribution in [0.5, 0.6) is 0 Å². The minimum Gasteiger partial charge on any atom is -0.392 e. The van der Waals surface area contributed by atoms with Crippen molar-refractivity contribution in [3.63, 3.8) is 0 Å². The molecule has 0 atom stereocenters. The first-order valence-electron chi connectivity index (χ1n) is 3.99. The molecular weight excluding hydrogens is 182 g/mol. The summed E-state index contributed by atoms with van der Waals surface area (Å²) in [4.78, 5) is 11.7. The second-order valence-electron chi connectivity index (χ2n) is 2.84. The molecule has 0 bridgehead atoms. The van der Waals surface area contributed by atoms with Crippen molar-refractivity contribution in [2.75, 3.05) is 11.5 Å². The number of nitrogens with two attached hydrogens (primary N) is 2. The maximum atomic E-state index is 8.90. The number of nitrogens with zero attached hydrogens (tertiary/aromatic N) is 3. The Morgan fingerprint density at radius 3 is 2.79 bits per heavy atom. The summed E-state index contributed by atoms with van der Waals surface area (Å²) in [5.74, 6) is 0.370. The molecule has 2 heterocycles. The van der Waals surface area contributed by atoms with Crippen molar-refractivity contribution in [2.45, 2.75) is 6.61 Å². The number of anilines is 2. The fraction of sp³-hybridized carbons (Fsp3) is 0.125. The Hall–Kier alpha value is -1.95. The van der Waals surface area contributed by atoms with Gasteiger partial charge < -0.3 is 16.6 Å². The van der Waals surface area contributed by atoms with E-state index in [4.69, 9.17) is 16.6 Å². The zero-order valence-electron chi connectivity index (χ0n) is 7.31. The van der Waals surface area contributed by atoms with E-state index in [1.807, 2.05) is 0 Å². The lowest BCUT2D eigenvalue weighted by molar-refractivity contribution is 0.281. The van der Waals surface area contributed by atoms with Gasteiger partial charge in [0.1, 0.15) is 5.82 Å². The first-order chi connectivity index (χ1) is 6.70. The number of fused-ring (bicyclic) bond motifs is 1. The Morgan fingerprint density at radius 1 is 1.29 bits per heavy atom. The van der Waals surface area contributed by atoms with Crippen LogP contribution in [0.15, 0.2) is 12.3 Å². The Balaban J connectivity index is 2.75. The van der Waals surface area contributed by atoms with Crippen LogP contribution in [-0.2, 0) is 6.61 Å². The fourth-order valence-corrected chi connectivity index (χ4v) is 1.18. The Morgan fingerprint density at radius 2 is 2.07 bits per heavy atom. The van der Waals surface area contributed by atoms with Crippen LogP contribution in [0.1, 0.15) is 5.56 Å². The first-order valence-corrected chi connectivity index (χ1v) is 3.99. The Bertz CT molecular complexity index is 484. The van der Waals surface area contributed by atoms with Crippen LogP contribution in [0.25, 0.3) is 11.0 Å². The largest absolute Gasteiger partial charge is 0.392 e. The first kappa shape index (κ1) is 8.64. The summed E-state index contributed by atoms with van der Waals surface area (Å²) in [6.45, 7) is -0.0905. The van der Waals surface area contributed by atoms with Crippen molar-refractivity contribution in [1.29, 1.82) is 0 Å². The summed E-state index contributed by atoms with van der Waals surface area (Å²) in [5.41, 5.74) is 12.1.